The Labute approximate surface area is 154 Å². The van der Waals surface area contributed by atoms with E-state index >= 15 is 0 Å². The topological polar surface area (TPSA) is 79.0 Å². The largest absolute Gasteiger partial charge is 0.351 e. The highest BCUT2D eigenvalue weighted by atomic mass is 35.5. The normalized spacial score (nSPS) is 13.8. The summed E-state index contributed by atoms with van der Waals surface area (Å²) in [5, 5.41) is 0.160. The monoisotopic (exact) mass is 374 g/mol. The molecule has 2 N–H and O–H groups in total. The van der Waals surface area contributed by atoms with Crippen molar-refractivity contribution in [1.29, 1.82) is 0 Å². The highest BCUT2D eigenvalue weighted by molar-refractivity contribution is 6.40. The smallest absolute Gasteiger partial charge is 0.319 e. The summed E-state index contributed by atoms with van der Waals surface area (Å²) in [5.74, 6) is -0.747. The molecule has 0 spiro atoms. The van der Waals surface area contributed by atoms with Crippen molar-refractivity contribution in [1.82, 2.24) is 0 Å². The second-order valence-electron chi connectivity index (χ2n) is 5.79. The number of hydrogen-bond acceptors (Lipinski definition) is 3. The molecule has 0 saturated carbocycles. The minimum atomic E-state index is -0.700. The molecule has 0 saturated heterocycles. The first-order valence-electron chi connectivity index (χ1n) is 7.75. The quantitative estimate of drug-likeness (QED) is 0.877. The number of primary amides is 1. The van der Waals surface area contributed by atoms with Gasteiger partial charge in [-0.1, -0.05) is 23.7 Å². The van der Waals surface area contributed by atoms with E-state index in [9.17, 15) is 14.0 Å². The molecule has 3 rings (SSSR count). The van der Waals surface area contributed by atoms with Crippen LogP contribution < -0.4 is 15.5 Å². The maximum atomic E-state index is 14.4. The van der Waals surface area contributed by atoms with Crippen molar-refractivity contribution in [3.63, 3.8) is 0 Å². The fourth-order valence-electron chi connectivity index (χ4n) is 2.78. The zero-order chi connectivity index (χ0) is 19.0. The van der Waals surface area contributed by atoms with Gasteiger partial charge in [-0.3, -0.25) is 14.7 Å². The van der Waals surface area contributed by atoms with E-state index in [1.807, 2.05) is 0 Å². The molecule has 1 aliphatic rings. The van der Waals surface area contributed by atoms with E-state index in [1.165, 1.54) is 22.9 Å². The van der Waals surface area contributed by atoms with Gasteiger partial charge in [0.05, 0.1) is 22.1 Å². The summed E-state index contributed by atoms with van der Waals surface area (Å²) in [4.78, 5) is 30.7. The molecule has 0 atom stereocenters. The van der Waals surface area contributed by atoms with Crippen LogP contribution in [0.2, 0.25) is 5.02 Å². The molecule has 8 heteroatoms. The van der Waals surface area contributed by atoms with Gasteiger partial charge in [-0.05, 0) is 24.3 Å². The molecule has 1 heterocycles. The SMILES string of the molecule is CN(C(N)=O)c1ccc2c(c1Cl)C(c1ccccc1F)=NCC(=O)N2C. The lowest BCUT2D eigenvalue weighted by molar-refractivity contribution is -0.116. The van der Waals surface area contributed by atoms with Crippen LogP contribution in [-0.2, 0) is 4.79 Å². The number of nitrogens with zero attached hydrogens (tertiary/aromatic N) is 3. The number of aliphatic imine (C=N–C) groups is 1. The summed E-state index contributed by atoms with van der Waals surface area (Å²) >= 11 is 6.56. The van der Waals surface area contributed by atoms with Gasteiger partial charge in [-0.25, -0.2) is 9.18 Å². The molecule has 0 fully saturated rings. The van der Waals surface area contributed by atoms with Crippen molar-refractivity contribution in [2.75, 3.05) is 30.4 Å². The van der Waals surface area contributed by atoms with E-state index in [0.717, 1.165) is 0 Å². The first-order valence-corrected chi connectivity index (χ1v) is 8.12. The van der Waals surface area contributed by atoms with Crippen molar-refractivity contribution in [3.8, 4) is 0 Å². The third kappa shape index (κ3) is 2.90. The minimum absolute atomic E-state index is 0.147. The van der Waals surface area contributed by atoms with Crippen LogP contribution in [0.5, 0.6) is 0 Å². The Morgan fingerprint density at radius 1 is 1.31 bits per heavy atom. The Kier molecular flexibility index (Phi) is 4.65. The predicted octanol–water partition coefficient (Wildman–Crippen LogP) is 2.81. The number of halogens is 2. The Morgan fingerprint density at radius 3 is 2.65 bits per heavy atom. The first kappa shape index (κ1) is 17.9. The van der Waals surface area contributed by atoms with Gasteiger partial charge < -0.3 is 10.6 Å². The summed E-state index contributed by atoms with van der Waals surface area (Å²) in [5.41, 5.74) is 6.99. The number of likely N-dealkylation sites (N-methyl/N-ethyl adjacent to an activating group) is 1. The Morgan fingerprint density at radius 2 is 2.00 bits per heavy atom. The fourth-order valence-corrected chi connectivity index (χ4v) is 3.15. The summed E-state index contributed by atoms with van der Waals surface area (Å²) in [6.45, 7) is -0.147. The number of benzene rings is 2. The van der Waals surface area contributed by atoms with Crippen molar-refractivity contribution < 1.29 is 14.0 Å². The van der Waals surface area contributed by atoms with Gasteiger partial charge in [0.1, 0.15) is 12.4 Å². The number of carbonyl (C=O) groups is 2. The third-order valence-electron chi connectivity index (χ3n) is 4.27. The Bertz CT molecular complexity index is 945. The summed E-state index contributed by atoms with van der Waals surface area (Å²) in [6.07, 6.45) is 0. The molecule has 1 aliphatic heterocycles. The Balaban J connectivity index is 2.32. The maximum Gasteiger partial charge on any atom is 0.319 e. The summed E-state index contributed by atoms with van der Waals surface area (Å²) < 4.78 is 14.4. The number of fused-ring (bicyclic) bond motifs is 1. The fraction of sp³-hybridized carbons (Fsp3) is 0.167. The van der Waals surface area contributed by atoms with Gasteiger partial charge in [0, 0.05) is 25.2 Å². The highest BCUT2D eigenvalue weighted by Gasteiger charge is 2.28. The van der Waals surface area contributed by atoms with E-state index in [2.05, 4.69) is 4.99 Å². The second-order valence-corrected chi connectivity index (χ2v) is 6.17. The van der Waals surface area contributed by atoms with Crippen molar-refractivity contribution >= 4 is 40.6 Å². The van der Waals surface area contributed by atoms with Crippen LogP contribution in [0.3, 0.4) is 0 Å². The lowest BCUT2D eigenvalue weighted by atomic mass is 9.98. The number of benzodiazepines with no additional fused rings is 1. The molecular weight excluding hydrogens is 359 g/mol. The molecule has 6 nitrogen and oxygen atoms in total. The van der Waals surface area contributed by atoms with Crippen LogP contribution in [0.25, 0.3) is 0 Å². The van der Waals surface area contributed by atoms with Crippen LogP contribution in [0, 0.1) is 5.82 Å². The molecule has 2 aromatic rings. The zero-order valence-corrected chi connectivity index (χ0v) is 14.9. The lowest BCUT2D eigenvalue weighted by Crippen LogP contribution is -2.32. The van der Waals surface area contributed by atoms with Gasteiger partial charge in [-0.2, -0.15) is 0 Å². The molecule has 26 heavy (non-hydrogen) atoms. The van der Waals surface area contributed by atoms with E-state index in [0.29, 0.717) is 16.9 Å². The third-order valence-corrected chi connectivity index (χ3v) is 4.65. The van der Waals surface area contributed by atoms with Gasteiger partial charge >= 0.3 is 6.03 Å². The van der Waals surface area contributed by atoms with Crippen LogP contribution >= 0.6 is 11.6 Å². The van der Waals surface area contributed by atoms with Crippen molar-refractivity contribution in [3.05, 3.63) is 58.4 Å². The molecule has 0 bridgehead atoms. The van der Waals surface area contributed by atoms with E-state index in [-0.39, 0.29) is 28.7 Å². The van der Waals surface area contributed by atoms with Crippen molar-refractivity contribution in [2.45, 2.75) is 0 Å². The number of hydrogen-bond donors (Lipinski definition) is 1. The van der Waals surface area contributed by atoms with Gasteiger partial charge in [-0.15, -0.1) is 0 Å². The minimum Gasteiger partial charge on any atom is -0.351 e. The number of amides is 3. The number of anilines is 2. The van der Waals surface area contributed by atoms with E-state index in [4.69, 9.17) is 17.3 Å². The number of carbonyl (C=O) groups excluding carboxylic acids is 2. The molecule has 0 unspecified atom stereocenters. The second kappa shape index (κ2) is 6.76. The molecule has 0 radical (unpaired) electrons. The highest BCUT2D eigenvalue weighted by Crippen LogP contribution is 2.38. The van der Waals surface area contributed by atoms with Crippen molar-refractivity contribution in [2.24, 2.45) is 10.7 Å². The summed E-state index contributed by atoms with van der Waals surface area (Å²) in [6, 6.07) is 8.62. The van der Waals surface area contributed by atoms with Crippen LogP contribution in [0.15, 0.2) is 41.4 Å². The first-order chi connectivity index (χ1) is 12.3. The number of urea groups is 1. The van der Waals surface area contributed by atoms with Gasteiger partial charge in [0.2, 0.25) is 5.91 Å². The average molecular weight is 375 g/mol. The molecule has 0 aromatic heterocycles. The lowest BCUT2D eigenvalue weighted by Gasteiger charge is -2.23. The number of rotatable bonds is 2. The van der Waals surface area contributed by atoms with E-state index < -0.39 is 11.8 Å². The van der Waals surface area contributed by atoms with Crippen LogP contribution in [0.4, 0.5) is 20.6 Å². The molecular formula is C18H16ClFN4O2. The van der Waals surface area contributed by atoms with Crippen LogP contribution in [-0.4, -0.2) is 38.3 Å². The standard InChI is InChI=1S/C18H16ClFN4O2/c1-23-12-7-8-13(24(2)18(21)26)16(19)15(12)17(22-9-14(23)25)10-5-3-4-6-11(10)20/h3-8H,9H2,1-2H3,(H2,21,26). The number of nitrogens with two attached hydrogens (primary N) is 1. The van der Waals surface area contributed by atoms with Gasteiger partial charge in [0.25, 0.3) is 0 Å². The predicted molar refractivity (Wildman–Crippen MR) is 99.8 cm³/mol. The zero-order valence-electron chi connectivity index (χ0n) is 14.2. The molecule has 0 aliphatic carbocycles. The molecule has 2 aromatic carbocycles. The Hall–Kier alpha value is -2.93. The average Bonchev–Trinajstić information content (AvgIpc) is 2.74. The molecule has 134 valence electrons. The summed E-state index contributed by atoms with van der Waals surface area (Å²) in [7, 11) is 3.07. The van der Waals surface area contributed by atoms with Crippen LogP contribution in [0.1, 0.15) is 11.1 Å². The maximum absolute atomic E-state index is 14.4. The van der Waals surface area contributed by atoms with E-state index in [1.54, 1.807) is 37.4 Å². The molecule has 3 amide bonds. The van der Waals surface area contributed by atoms with Gasteiger partial charge in [0.15, 0.2) is 0 Å².